The van der Waals surface area contributed by atoms with E-state index < -0.39 is 21.9 Å². The molecule has 0 saturated heterocycles. The molecule has 152 valence electrons. The molecule has 0 aliphatic heterocycles. The van der Waals surface area contributed by atoms with Crippen LogP contribution in [-0.4, -0.2) is 30.1 Å². The number of carbonyl (C=O) groups excluding carboxylic acids is 1. The van der Waals surface area contributed by atoms with E-state index in [9.17, 15) is 13.2 Å². The van der Waals surface area contributed by atoms with Gasteiger partial charge in [-0.15, -0.1) is 0 Å². The van der Waals surface area contributed by atoms with Gasteiger partial charge in [-0.05, 0) is 31.7 Å². The molecule has 0 fully saturated rings. The Labute approximate surface area is 165 Å². The molecule has 1 amide bonds. The van der Waals surface area contributed by atoms with Gasteiger partial charge in [-0.3, -0.25) is 4.98 Å². The molecule has 0 aliphatic rings. The number of ether oxygens (including phenoxy) is 1. The number of amides is 1. The third kappa shape index (κ3) is 6.49. The second kappa shape index (κ2) is 7.75. The zero-order valence-electron chi connectivity index (χ0n) is 16.9. The summed E-state index contributed by atoms with van der Waals surface area (Å²) in [5.41, 5.74) is 1.89. The third-order valence-corrected chi connectivity index (χ3v) is 4.47. The lowest BCUT2D eigenvalue weighted by Crippen LogP contribution is -2.39. The number of hydrogen-bond acceptors (Lipinski definition) is 6. The van der Waals surface area contributed by atoms with Crippen molar-refractivity contribution in [2.24, 2.45) is 0 Å². The highest BCUT2D eigenvalue weighted by atomic mass is 32.2. The second-order valence-electron chi connectivity index (χ2n) is 8.32. The van der Waals surface area contributed by atoms with Gasteiger partial charge in [0, 0.05) is 5.56 Å². The van der Waals surface area contributed by atoms with Crippen LogP contribution < -0.4 is 9.44 Å². The zero-order valence-corrected chi connectivity index (χ0v) is 17.7. The predicted molar refractivity (Wildman–Crippen MR) is 108 cm³/mol. The number of hydrogen-bond donors (Lipinski definition) is 2. The summed E-state index contributed by atoms with van der Waals surface area (Å²) in [6, 6.07) is 7.94. The summed E-state index contributed by atoms with van der Waals surface area (Å²) in [6.07, 6.45) is 1.65. The van der Waals surface area contributed by atoms with Crippen molar-refractivity contribution in [1.82, 2.24) is 14.7 Å². The summed E-state index contributed by atoms with van der Waals surface area (Å²) in [5, 5.41) is 0. The maximum atomic E-state index is 12.0. The minimum absolute atomic E-state index is 0.0221. The lowest BCUT2D eigenvalue weighted by Gasteiger charge is -2.19. The van der Waals surface area contributed by atoms with Crippen LogP contribution in [-0.2, 0) is 20.4 Å². The van der Waals surface area contributed by atoms with E-state index in [0.717, 1.165) is 5.56 Å². The van der Waals surface area contributed by atoms with Crippen molar-refractivity contribution in [2.75, 3.05) is 4.72 Å². The molecule has 8 nitrogen and oxygen atoms in total. The predicted octanol–water partition coefficient (Wildman–Crippen LogP) is 3.62. The molecular formula is C19H26N4O4S. The monoisotopic (exact) mass is 406 g/mol. The first-order valence-electron chi connectivity index (χ1n) is 8.72. The Kier molecular flexibility index (Phi) is 5.98. The third-order valence-electron chi connectivity index (χ3n) is 3.55. The highest BCUT2D eigenvalue weighted by molar-refractivity contribution is 7.91. The summed E-state index contributed by atoms with van der Waals surface area (Å²) in [4.78, 5) is 19.9. The van der Waals surface area contributed by atoms with Crippen LogP contribution in [0.2, 0.25) is 0 Å². The van der Waals surface area contributed by atoms with Crippen LogP contribution in [0.25, 0.3) is 11.3 Å². The zero-order chi connectivity index (χ0) is 21.2. The van der Waals surface area contributed by atoms with Crippen LogP contribution in [0.1, 0.15) is 47.1 Å². The quantitative estimate of drug-likeness (QED) is 0.802. The lowest BCUT2D eigenvalue weighted by atomic mass is 9.86. The van der Waals surface area contributed by atoms with Gasteiger partial charge in [0.05, 0.1) is 18.1 Å². The van der Waals surface area contributed by atoms with Gasteiger partial charge in [0.2, 0.25) is 0 Å². The van der Waals surface area contributed by atoms with Crippen LogP contribution in [0, 0.1) is 0 Å². The number of rotatable bonds is 4. The van der Waals surface area contributed by atoms with Gasteiger partial charge in [0.15, 0.2) is 5.82 Å². The van der Waals surface area contributed by atoms with Crippen molar-refractivity contribution in [1.29, 1.82) is 0 Å². The Balaban J connectivity index is 2.07. The van der Waals surface area contributed by atoms with E-state index in [1.807, 2.05) is 24.3 Å². The largest absolute Gasteiger partial charge is 0.443 e. The fourth-order valence-corrected chi connectivity index (χ4v) is 2.94. The van der Waals surface area contributed by atoms with Crippen LogP contribution >= 0.6 is 0 Å². The van der Waals surface area contributed by atoms with E-state index in [1.165, 1.54) is 18.0 Å². The van der Waals surface area contributed by atoms with Crippen molar-refractivity contribution in [3.63, 3.8) is 0 Å². The summed E-state index contributed by atoms with van der Waals surface area (Å²) in [7, 11) is -4.18. The molecule has 0 saturated carbocycles. The van der Waals surface area contributed by atoms with Gasteiger partial charge >= 0.3 is 16.3 Å². The van der Waals surface area contributed by atoms with Crippen LogP contribution in [0.4, 0.5) is 10.6 Å². The van der Waals surface area contributed by atoms with E-state index in [2.05, 4.69) is 35.5 Å². The maximum absolute atomic E-state index is 12.0. The molecule has 28 heavy (non-hydrogen) atoms. The highest BCUT2D eigenvalue weighted by Gasteiger charge is 2.21. The van der Waals surface area contributed by atoms with Gasteiger partial charge < -0.3 is 4.74 Å². The van der Waals surface area contributed by atoms with Crippen molar-refractivity contribution in [3.05, 3.63) is 42.2 Å². The molecule has 0 aliphatic carbocycles. The molecule has 0 radical (unpaired) electrons. The summed E-state index contributed by atoms with van der Waals surface area (Å²) in [6.45, 7) is 11.3. The van der Waals surface area contributed by atoms with Crippen molar-refractivity contribution in [3.8, 4) is 11.3 Å². The topological polar surface area (TPSA) is 110 Å². The molecule has 0 unspecified atom stereocenters. The van der Waals surface area contributed by atoms with Gasteiger partial charge in [-0.2, -0.15) is 8.42 Å². The number of aromatic nitrogens is 2. The minimum Gasteiger partial charge on any atom is -0.443 e. The molecule has 2 rings (SSSR count). The van der Waals surface area contributed by atoms with E-state index in [-0.39, 0.29) is 11.2 Å². The van der Waals surface area contributed by atoms with E-state index in [1.54, 1.807) is 25.5 Å². The molecule has 9 heteroatoms. The molecule has 2 N–H and O–H groups in total. The average molecular weight is 407 g/mol. The number of nitrogens with zero attached hydrogens (tertiary/aromatic N) is 2. The van der Waals surface area contributed by atoms with Gasteiger partial charge in [-0.1, -0.05) is 45.0 Å². The molecule has 0 bridgehead atoms. The average Bonchev–Trinajstić information content (AvgIpc) is 2.52. The van der Waals surface area contributed by atoms with Crippen molar-refractivity contribution >= 4 is 22.1 Å². The Bertz CT molecular complexity index is 926. The standard InChI is InChI=1S/C19H26N4O4S/c1-18(2,3)14-9-7-13(8-10-14)15-11-21-16(12-20-15)22-28(25,26)23-17(24)27-19(4,5)6/h7-12H,1-6H3,(H,21,22)(H,23,24). The fraction of sp³-hybridized carbons (Fsp3) is 0.421. The van der Waals surface area contributed by atoms with Crippen LogP contribution in [0.3, 0.4) is 0 Å². The smallest absolute Gasteiger partial charge is 0.422 e. The first-order valence-corrected chi connectivity index (χ1v) is 10.2. The molecule has 2 aromatic rings. The summed E-state index contributed by atoms with van der Waals surface area (Å²) >= 11 is 0. The highest BCUT2D eigenvalue weighted by Crippen LogP contribution is 2.25. The molecule has 1 aromatic heterocycles. The minimum atomic E-state index is -4.18. The van der Waals surface area contributed by atoms with Crippen LogP contribution in [0.5, 0.6) is 0 Å². The second-order valence-corrected chi connectivity index (χ2v) is 9.74. The normalized spacial score (nSPS) is 12.4. The SMILES string of the molecule is CC(C)(C)OC(=O)NS(=O)(=O)Nc1cnc(-c2ccc(C(C)(C)C)cc2)cn1. The Morgan fingerprint density at radius 3 is 2.04 bits per heavy atom. The molecule has 1 heterocycles. The van der Waals surface area contributed by atoms with Crippen molar-refractivity contribution < 1.29 is 17.9 Å². The molecule has 0 atom stereocenters. The van der Waals surface area contributed by atoms with Gasteiger partial charge in [-0.25, -0.2) is 19.2 Å². The number of benzene rings is 1. The summed E-state index contributed by atoms with van der Waals surface area (Å²) in [5.74, 6) is -0.0221. The van der Waals surface area contributed by atoms with E-state index in [4.69, 9.17) is 4.74 Å². The molecular weight excluding hydrogens is 380 g/mol. The first kappa shape index (κ1) is 21.6. The van der Waals surface area contributed by atoms with Gasteiger partial charge in [0.25, 0.3) is 0 Å². The Morgan fingerprint density at radius 2 is 1.57 bits per heavy atom. The van der Waals surface area contributed by atoms with E-state index in [0.29, 0.717) is 5.69 Å². The fourth-order valence-electron chi connectivity index (χ4n) is 2.24. The molecule has 1 aromatic carbocycles. The summed E-state index contributed by atoms with van der Waals surface area (Å²) < 4.78 is 32.8. The number of carbonyl (C=O) groups is 1. The van der Waals surface area contributed by atoms with E-state index >= 15 is 0 Å². The van der Waals surface area contributed by atoms with Crippen molar-refractivity contribution in [2.45, 2.75) is 52.6 Å². The lowest BCUT2D eigenvalue weighted by molar-refractivity contribution is 0.0570. The first-order chi connectivity index (χ1) is 12.8. The van der Waals surface area contributed by atoms with Gasteiger partial charge in [0.1, 0.15) is 5.60 Å². The van der Waals surface area contributed by atoms with Crippen LogP contribution in [0.15, 0.2) is 36.7 Å². The maximum Gasteiger partial charge on any atom is 0.422 e. The number of nitrogens with one attached hydrogen (secondary N) is 2. The molecule has 0 spiro atoms. The Morgan fingerprint density at radius 1 is 0.964 bits per heavy atom. The number of anilines is 1. The Hall–Kier alpha value is -2.68.